The SMILES string of the molecule is ClCC1CCCC1CNCC1CCC1. The lowest BCUT2D eigenvalue weighted by atomic mass is 9.85. The average Bonchev–Trinajstić information content (AvgIpc) is 2.56. The Bertz CT molecular complexity index is 168. The summed E-state index contributed by atoms with van der Waals surface area (Å²) in [4.78, 5) is 0. The van der Waals surface area contributed by atoms with Gasteiger partial charge in [0.05, 0.1) is 0 Å². The standard InChI is InChI=1S/C12H22ClN/c13-7-11-5-2-6-12(11)9-14-8-10-3-1-4-10/h10-12,14H,1-9H2. The van der Waals surface area contributed by atoms with Crippen molar-refractivity contribution in [1.29, 1.82) is 0 Å². The minimum atomic E-state index is 0.797. The van der Waals surface area contributed by atoms with Crippen molar-refractivity contribution < 1.29 is 0 Å². The first-order valence-electron chi connectivity index (χ1n) is 6.17. The van der Waals surface area contributed by atoms with Crippen LogP contribution in [-0.2, 0) is 0 Å². The second-order valence-electron chi connectivity index (χ2n) is 5.06. The molecule has 2 heteroatoms. The van der Waals surface area contributed by atoms with Gasteiger partial charge in [0.2, 0.25) is 0 Å². The van der Waals surface area contributed by atoms with Crippen molar-refractivity contribution in [2.75, 3.05) is 19.0 Å². The monoisotopic (exact) mass is 215 g/mol. The van der Waals surface area contributed by atoms with Crippen LogP contribution >= 0.6 is 11.6 Å². The molecule has 0 radical (unpaired) electrons. The zero-order valence-corrected chi connectivity index (χ0v) is 9.73. The summed E-state index contributed by atoms with van der Waals surface area (Å²) in [5.41, 5.74) is 0. The van der Waals surface area contributed by atoms with Gasteiger partial charge >= 0.3 is 0 Å². The summed E-state index contributed by atoms with van der Waals surface area (Å²) in [5.74, 6) is 3.53. The quantitative estimate of drug-likeness (QED) is 0.696. The van der Waals surface area contributed by atoms with E-state index >= 15 is 0 Å². The van der Waals surface area contributed by atoms with E-state index in [0.29, 0.717) is 0 Å². The van der Waals surface area contributed by atoms with Crippen LogP contribution in [0.2, 0.25) is 0 Å². The van der Waals surface area contributed by atoms with Crippen molar-refractivity contribution in [3.05, 3.63) is 0 Å². The first kappa shape index (κ1) is 10.8. The van der Waals surface area contributed by atoms with E-state index in [4.69, 9.17) is 11.6 Å². The van der Waals surface area contributed by atoms with Gasteiger partial charge in [-0.2, -0.15) is 0 Å². The van der Waals surface area contributed by atoms with Gasteiger partial charge in [0.25, 0.3) is 0 Å². The van der Waals surface area contributed by atoms with Crippen molar-refractivity contribution in [1.82, 2.24) is 5.32 Å². The second-order valence-corrected chi connectivity index (χ2v) is 5.37. The van der Waals surface area contributed by atoms with Crippen molar-refractivity contribution >= 4 is 11.6 Å². The van der Waals surface area contributed by atoms with Gasteiger partial charge in [-0.05, 0) is 56.5 Å². The Hall–Kier alpha value is 0.250. The summed E-state index contributed by atoms with van der Waals surface area (Å²) in [5, 5.41) is 3.63. The van der Waals surface area contributed by atoms with Crippen LogP contribution < -0.4 is 5.32 Å². The molecular weight excluding hydrogens is 194 g/mol. The smallest absolute Gasteiger partial charge is 0.0254 e. The van der Waals surface area contributed by atoms with Gasteiger partial charge in [-0.25, -0.2) is 0 Å². The highest BCUT2D eigenvalue weighted by molar-refractivity contribution is 6.18. The molecule has 0 aliphatic heterocycles. The maximum atomic E-state index is 5.95. The Labute approximate surface area is 92.6 Å². The van der Waals surface area contributed by atoms with Crippen molar-refractivity contribution in [3.8, 4) is 0 Å². The van der Waals surface area contributed by atoms with Crippen molar-refractivity contribution in [2.24, 2.45) is 17.8 Å². The van der Waals surface area contributed by atoms with Crippen LogP contribution in [0.3, 0.4) is 0 Å². The van der Waals surface area contributed by atoms with Gasteiger partial charge in [-0.1, -0.05) is 12.8 Å². The second kappa shape index (κ2) is 5.37. The molecule has 0 aromatic rings. The summed E-state index contributed by atoms with van der Waals surface area (Å²) in [6.45, 7) is 2.47. The average molecular weight is 216 g/mol. The van der Waals surface area contributed by atoms with E-state index in [0.717, 1.165) is 23.6 Å². The van der Waals surface area contributed by atoms with Crippen LogP contribution in [-0.4, -0.2) is 19.0 Å². The Kier molecular flexibility index (Phi) is 4.12. The summed E-state index contributed by atoms with van der Waals surface area (Å²) in [6.07, 6.45) is 8.52. The summed E-state index contributed by atoms with van der Waals surface area (Å²) < 4.78 is 0. The molecule has 0 saturated heterocycles. The zero-order chi connectivity index (χ0) is 9.80. The number of alkyl halides is 1. The molecule has 0 aromatic heterocycles. The fourth-order valence-corrected chi connectivity index (χ4v) is 3.16. The highest BCUT2D eigenvalue weighted by Gasteiger charge is 2.26. The van der Waals surface area contributed by atoms with E-state index in [-0.39, 0.29) is 0 Å². The summed E-state index contributed by atoms with van der Waals surface area (Å²) >= 11 is 5.95. The Morgan fingerprint density at radius 2 is 1.64 bits per heavy atom. The lowest BCUT2D eigenvalue weighted by molar-refractivity contribution is 0.287. The molecule has 2 rings (SSSR count). The molecule has 2 aliphatic rings. The lowest BCUT2D eigenvalue weighted by Crippen LogP contribution is -2.32. The molecule has 2 saturated carbocycles. The molecule has 1 nitrogen and oxygen atoms in total. The molecule has 0 bridgehead atoms. The third-order valence-corrected chi connectivity index (χ3v) is 4.48. The van der Waals surface area contributed by atoms with E-state index < -0.39 is 0 Å². The van der Waals surface area contributed by atoms with Gasteiger partial charge in [0.1, 0.15) is 0 Å². The molecule has 2 aliphatic carbocycles. The molecule has 2 fully saturated rings. The van der Waals surface area contributed by atoms with Crippen LogP contribution in [0.5, 0.6) is 0 Å². The predicted octanol–water partition coefficient (Wildman–Crippen LogP) is 3.03. The third-order valence-electron chi connectivity index (χ3n) is 4.08. The minimum absolute atomic E-state index is 0.797. The normalized spacial score (nSPS) is 33.2. The first-order valence-corrected chi connectivity index (χ1v) is 6.70. The van der Waals surface area contributed by atoms with E-state index in [1.165, 1.54) is 51.6 Å². The molecule has 82 valence electrons. The topological polar surface area (TPSA) is 12.0 Å². The minimum Gasteiger partial charge on any atom is -0.316 e. The molecule has 0 amide bonds. The van der Waals surface area contributed by atoms with E-state index in [9.17, 15) is 0 Å². The van der Waals surface area contributed by atoms with E-state index in [2.05, 4.69) is 5.32 Å². The van der Waals surface area contributed by atoms with E-state index in [1.807, 2.05) is 0 Å². The Balaban J connectivity index is 1.59. The fourth-order valence-electron chi connectivity index (χ4n) is 2.76. The van der Waals surface area contributed by atoms with Crippen LogP contribution in [0.1, 0.15) is 38.5 Å². The number of halogens is 1. The van der Waals surface area contributed by atoms with Crippen LogP contribution in [0.15, 0.2) is 0 Å². The third kappa shape index (κ3) is 2.64. The van der Waals surface area contributed by atoms with Gasteiger partial charge < -0.3 is 5.32 Å². The molecule has 1 N–H and O–H groups in total. The van der Waals surface area contributed by atoms with Crippen molar-refractivity contribution in [2.45, 2.75) is 38.5 Å². The molecular formula is C12H22ClN. The Morgan fingerprint density at radius 1 is 0.929 bits per heavy atom. The van der Waals surface area contributed by atoms with Crippen LogP contribution in [0, 0.1) is 17.8 Å². The summed E-state index contributed by atoms with van der Waals surface area (Å²) in [7, 11) is 0. The molecule has 0 spiro atoms. The number of hydrogen-bond donors (Lipinski definition) is 1. The highest BCUT2D eigenvalue weighted by Crippen LogP contribution is 2.32. The van der Waals surface area contributed by atoms with Gasteiger partial charge in [0, 0.05) is 5.88 Å². The largest absolute Gasteiger partial charge is 0.316 e. The molecule has 0 aromatic carbocycles. The van der Waals surface area contributed by atoms with Crippen molar-refractivity contribution in [3.63, 3.8) is 0 Å². The molecule has 2 atom stereocenters. The van der Waals surface area contributed by atoms with Gasteiger partial charge in [0.15, 0.2) is 0 Å². The van der Waals surface area contributed by atoms with E-state index in [1.54, 1.807) is 0 Å². The lowest BCUT2D eigenvalue weighted by Gasteiger charge is -2.27. The predicted molar refractivity (Wildman–Crippen MR) is 61.8 cm³/mol. The first-order chi connectivity index (χ1) is 6.90. The van der Waals surface area contributed by atoms with Crippen LogP contribution in [0.4, 0.5) is 0 Å². The van der Waals surface area contributed by atoms with Gasteiger partial charge in [-0.3, -0.25) is 0 Å². The molecule has 14 heavy (non-hydrogen) atoms. The molecule has 2 unspecified atom stereocenters. The number of hydrogen-bond acceptors (Lipinski definition) is 1. The maximum absolute atomic E-state index is 5.95. The molecule has 0 heterocycles. The van der Waals surface area contributed by atoms with Gasteiger partial charge in [-0.15, -0.1) is 11.6 Å². The fraction of sp³-hybridized carbons (Fsp3) is 1.00. The highest BCUT2D eigenvalue weighted by atomic mass is 35.5. The zero-order valence-electron chi connectivity index (χ0n) is 8.97. The number of nitrogens with one attached hydrogen (secondary N) is 1. The Morgan fingerprint density at radius 3 is 2.29 bits per heavy atom. The van der Waals surface area contributed by atoms with Crippen LogP contribution in [0.25, 0.3) is 0 Å². The maximum Gasteiger partial charge on any atom is 0.0254 e. The summed E-state index contributed by atoms with van der Waals surface area (Å²) in [6, 6.07) is 0. The number of rotatable bonds is 5.